The van der Waals surface area contributed by atoms with Gasteiger partial charge in [0.1, 0.15) is 12.2 Å². The van der Waals surface area contributed by atoms with Crippen molar-refractivity contribution in [2.24, 2.45) is 0 Å². The Balaban J connectivity index is 1.95. The first-order valence-corrected chi connectivity index (χ1v) is 5.19. The minimum absolute atomic E-state index is 0.127. The van der Waals surface area contributed by atoms with Gasteiger partial charge >= 0.3 is 0 Å². The van der Waals surface area contributed by atoms with Gasteiger partial charge in [-0.1, -0.05) is 18.2 Å². The number of rotatable bonds is 4. The second-order valence-corrected chi connectivity index (χ2v) is 3.67. The van der Waals surface area contributed by atoms with Gasteiger partial charge in [0.15, 0.2) is 0 Å². The molecule has 0 saturated carbocycles. The summed E-state index contributed by atoms with van der Waals surface area (Å²) in [6.45, 7) is 2.74. The van der Waals surface area contributed by atoms with Crippen molar-refractivity contribution in [1.82, 2.24) is 20.5 Å². The van der Waals surface area contributed by atoms with E-state index in [9.17, 15) is 0 Å². The summed E-state index contributed by atoms with van der Waals surface area (Å²) >= 11 is 0. The fourth-order valence-electron chi connectivity index (χ4n) is 1.48. The van der Waals surface area contributed by atoms with E-state index in [4.69, 9.17) is 5.73 Å². The van der Waals surface area contributed by atoms with Crippen molar-refractivity contribution in [2.75, 3.05) is 5.73 Å². The molecule has 2 aromatic rings. The minimum Gasteiger partial charge on any atom is -0.398 e. The summed E-state index contributed by atoms with van der Waals surface area (Å²) in [5.41, 5.74) is 7.75. The third-order valence-corrected chi connectivity index (χ3v) is 2.50. The number of anilines is 1. The predicted molar refractivity (Wildman–Crippen MR) is 62.5 cm³/mol. The molecule has 0 fully saturated rings. The van der Waals surface area contributed by atoms with Gasteiger partial charge in [-0.3, -0.25) is 5.10 Å². The van der Waals surface area contributed by atoms with Crippen LogP contribution in [0.3, 0.4) is 0 Å². The summed E-state index contributed by atoms with van der Waals surface area (Å²) in [7, 11) is 0. The summed E-state index contributed by atoms with van der Waals surface area (Å²) in [6.07, 6.45) is 1.50. The highest BCUT2D eigenvalue weighted by Gasteiger charge is 2.07. The zero-order valence-electron chi connectivity index (χ0n) is 9.14. The van der Waals surface area contributed by atoms with Crippen LogP contribution in [0, 0.1) is 0 Å². The van der Waals surface area contributed by atoms with Crippen LogP contribution in [0.4, 0.5) is 5.69 Å². The summed E-state index contributed by atoms with van der Waals surface area (Å²) in [4.78, 5) is 4.09. The Morgan fingerprint density at radius 1 is 1.44 bits per heavy atom. The lowest BCUT2D eigenvalue weighted by Gasteiger charge is -2.12. The molecular weight excluding hydrogens is 202 g/mol. The molecule has 2 rings (SSSR count). The quantitative estimate of drug-likeness (QED) is 0.673. The third-order valence-electron chi connectivity index (χ3n) is 2.50. The first-order valence-electron chi connectivity index (χ1n) is 5.19. The number of aromatic amines is 1. The van der Waals surface area contributed by atoms with Gasteiger partial charge in [0.05, 0.1) is 6.04 Å². The average Bonchev–Trinajstić information content (AvgIpc) is 2.81. The maximum Gasteiger partial charge on any atom is 0.141 e. The number of nitrogens with two attached hydrogens (primary N) is 1. The SMILES string of the molecule is CC(NCc1ccccc1N)c1ncn[nH]1. The monoisotopic (exact) mass is 217 g/mol. The summed E-state index contributed by atoms with van der Waals surface area (Å²) in [5.74, 6) is 0.828. The van der Waals surface area contributed by atoms with Gasteiger partial charge in [0.2, 0.25) is 0 Å². The normalized spacial score (nSPS) is 12.6. The Labute approximate surface area is 94.1 Å². The molecule has 5 heteroatoms. The summed E-state index contributed by atoms with van der Waals surface area (Å²) in [6, 6.07) is 7.94. The zero-order chi connectivity index (χ0) is 11.4. The predicted octanol–water partition coefficient (Wildman–Crippen LogP) is 1.24. The van der Waals surface area contributed by atoms with Crippen molar-refractivity contribution in [3.05, 3.63) is 42.0 Å². The van der Waals surface area contributed by atoms with Gasteiger partial charge < -0.3 is 11.1 Å². The van der Waals surface area contributed by atoms with Gasteiger partial charge in [0, 0.05) is 12.2 Å². The van der Waals surface area contributed by atoms with Crippen LogP contribution in [-0.4, -0.2) is 15.2 Å². The van der Waals surface area contributed by atoms with Crippen molar-refractivity contribution < 1.29 is 0 Å². The first kappa shape index (κ1) is 10.6. The number of nitrogens with one attached hydrogen (secondary N) is 2. The lowest BCUT2D eigenvalue weighted by atomic mass is 10.1. The van der Waals surface area contributed by atoms with E-state index in [-0.39, 0.29) is 6.04 Å². The molecule has 1 unspecified atom stereocenters. The molecule has 16 heavy (non-hydrogen) atoms. The first-order chi connectivity index (χ1) is 7.77. The molecule has 0 aliphatic heterocycles. The second kappa shape index (κ2) is 4.76. The molecule has 0 spiro atoms. The number of aromatic nitrogens is 3. The van der Waals surface area contributed by atoms with Gasteiger partial charge in [-0.05, 0) is 18.6 Å². The van der Waals surface area contributed by atoms with Crippen molar-refractivity contribution in [3.63, 3.8) is 0 Å². The average molecular weight is 217 g/mol. The number of benzene rings is 1. The Bertz CT molecular complexity index is 437. The van der Waals surface area contributed by atoms with E-state index in [2.05, 4.69) is 20.5 Å². The smallest absolute Gasteiger partial charge is 0.141 e. The van der Waals surface area contributed by atoms with Crippen molar-refractivity contribution in [1.29, 1.82) is 0 Å². The van der Waals surface area contributed by atoms with Crippen LogP contribution in [0.5, 0.6) is 0 Å². The van der Waals surface area contributed by atoms with Gasteiger partial charge in [-0.25, -0.2) is 4.98 Å². The highest BCUT2D eigenvalue weighted by molar-refractivity contribution is 5.46. The number of hydrogen-bond acceptors (Lipinski definition) is 4. The van der Waals surface area contributed by atoms with Crippen LogP contribution in [0.1, 0.15) is 24.4 Å². The zero-order valence-corrected chi connectivity index (χ0v) is 9.14. The van der Waals surface area contributed by atoms with Gasteiger partial charge in [-0.15, -0.1) is 0 Å². The van der Waals surface area contributed by atoms with Crippen molar-refractivity contribution in [3.8, 4) is 0 Å². The molecule has 5 nitrogen and oxygen atoms in total. The molecule has 0 aliphatic carbocycles. The van der Waals surface area contributed by atoms with Crippen LogP contribution in [-0.2, 0) is 6.54 Å². The van der Waals surface area contributed by atoms with Crippen LogP contribution < -0.4 is 11.1 Å². The standard InChI is InChI=1S/C11H15N5/c1-8(11-14-7-15-16-11)13-6-9-4-2-3-5-10(9)12/h2-5,7-8,13H,6,12H2,1H3,(H,14,15,16). The van der Waals surface area contributed by atoms with Crippen LogP contribution >= 0.6 is 0 Å². The number of H-pyrrole nitrogens is 1. The number of para-hydroxylation sites is 1. The van der Waals surface area contributed by atoms with E-state index in [1.807, 2.05) is 31.2 Å². The number of hydrogen-bond donors (Lipinski definition) is 3. The lowest BCUT2D eigenvalue weighted by molar-refractivity contribution is 0.548. The molecule has 4 N–H and O–H groups in total. The molecule has 0 saturated heterocycles. The molecule has 1 aromatic carbocycles. The number of nitrogens with zero attached hydrogens (tertiary/aromatic N) is 2. The van der Waals surface area contributed by atoms with E-state index in [0.717, 1.165) is 17.1 Å². The summed E-state index contributed by atoms with van der Waals surface area (Å²) in [5, 5.41) is 9.98. The highest BCUT2D eigenvalue weighted by atomic mass is 15.2. The second-order valence-electron chi connectivity index (χ2n) is 3.67. The summed E-state index contributed by atoms with van der Waals surface area (Å²) < 4.78 is 0. The van der Waals surface area contributed by atoms with Crippen molar-refractivity contribution in [2.45, 2.75) is 19.5 Å². The molecule has 1 heterocycles. The molecule has 0 bridgehead atoms. The van der Waals surface area contributed by atoms with E-state index < -0.39 is 0 Å². The Morgan fingerprint density at radius 3 is 2.94 bits per heavy atom. The lowest BCUT2D eigenvalue weighted by Crippen LogP contribution is -2.19. The maximum absolute atomic E-state index is 5.85. The third kappa shape index (κ3) is 2.38. The number of nitrogen functional groups attached to an aromatic ring is 1. The van der Waals surface area contributed by atoms with Crippen molar-refractivity contribution >= 4 is 5.69 Å². The topological polar surface area (TPSA) is 79.6 Å². The van der Waals surface area contributed by atoms with Crippen LogP contribution in [0.25, 0.3) is 0 Å². The molecule has 0 amide bonds. The molecule has 1 aromatic heterocycles. The highest BCUT2D eigenvalue weighted by Crippen LogP contribution is 2.12. The molecule has 1 atom stereocenters. The van der Waals surface area contributed by atoms with E-state index >= 15 is 0 Å². The Kier molecular flexibility index (Phi) is 3.16. The molecular formula is C11H15N5. The Morgan fingerprint density at radius 2 is 2.25 bits per heavy atom. The molecule has 84 valence electrons. The Hall–Kier alpha value is -1.88. The van der Waals surface area contributed by atoms with Gasteiger partial charge in [-0.2, -0.15) is 5.10 Å². The van der Waals surface area contributed by atoms with E-state index in [1.165, 1.54) is 6.33 Å². The fourth-order valence-corrected chi connectivity index (χ4v) is 1.48. The maximum atomic E-state index is 5.85. The van der Waals surface area contributed by atoms with Crippen LogP contribution in [0.2, 0.25) is 0 Å². The van der Waals surface area contributed by atoms with E-state index in [0.29, 0.717) is 6.54 Å². The molecule has 0 radical (unpaired) electrons. The van der Waals surface area contributed by atoms with Crippen LogP contribution in [0.15, 0.2) is 30.6 Å². The van der Waals surface area contributed by atoms with Gasteiger partial charge in [0.25, 0.3) is 0 Å². The fraction of sp³-hybridized carbons (Fsp3) is 0.273. The largest absolute Gasteiger partial charge is 0.398 e. The minimum atomic E-state index is 0.127. The van der Waals surface area contributed by atoms with E-state index in [1.54, 1.807) is 0 Å². The molecule has 0 aliphatic rings.